The highest BCUT2D eigenvalue weighted by Crippen LogP contribution is 2.31. The van der Waals surface area contributed by atoms with Crippen molar-refractivity contribution in [2.24, 2.45) is 0 Å². The molecule has 1 saturated heterocycles. The lowest BCUT2D eigenvalue weighted by Crippen LogP contribution is -2.45. The second-order valence-electron chi connectivity index (χ2n) is 9.36. The molecule has 0 spiro atoms. The van der Waals surface area contributed by atoms with Crippen LogP contribution >= 0.6 is 22.6 Å². The summed E-state index contributed by atoms with van der Waals surface area (Å²) in [4.78, 5) is 26.4. The van der Waals surface area contributed by atoms with Crippen molar-refractivity contribution < 1.29 is 17.9 Å². The molecule has 10 nitrogen and oxygen atoms in total. The van der Waals surface area contributed by atoms with Crippen LogP contribution in [0.5, 0.6) is 0 Å². The molecule has 1 fully saturated rings. The highest BCUT2D eigenvalue weighted by molar-refractivity contribution is 14.1. The Balaban J connectivity index is 1.63. The van der Waals surface area contributed by atoms with Gasteiger partial charge in [0, 0.05) is 49.2 Å². The van der Waals surface area contributed by atoms with Gasteiger partial charge in [-0.05, 0) is 44.5 Å². The number of amides is 2. The average molecular weight is 629 g/mol. The number of rotatable bonds is 7. The minimum Gasteiger partial charge on any atom is -0.377 e. The van der Waals surface area contributed by atoms with Crippen LogP contribution in [0.2, 0.25) is 0 Å². The number of anilines is 2. The molecular formula is C24H33IN6O4S. The zero-order valence-corrected chi connectivity index (χ0v) is 23.8. The summed E-state index contributed by atoms with van der Waals surface area (Å²) in [6.07, 6.45) is 2.04. The number of benzene rings is 1. The summed E-state index contributed by atoms with van der Waals surface area (Å²) in [6, 6.07) is 7.42. The van der Waals surface area contributed by atoms with Gasteiger partial charge >= 0.3 is 6.03 Å². The molecule has 4 rings (SSSR count). The summed E-state index contributed by atoms with van der Waals surface area (Å²) >= 11 is 2.13. The first-order chi connectivity index (χ1) is 17.1. The van der Waals surface area contributed by atoms with E-state index in [9.17, 15) is 13.2 Å². The highest BCUT2D eigenvalue weighted by atomic mass is 127. The van der Waals surface area contributed by atoms with Gasteiger partial charge in [0.15, 0.2) is 5.82 Å². The van der Waals surface area contributed by atoms with Crippen LogP contribution in [-0.4, -0.2) is 84.3 Å². The topological polar surface area (TPSA) is 117 Å². The maximum Gasteiger partial charge on any atom is 0.320 e. The van der Waals surface area contributed by atoms with Gasteiger partial charge in [-0.25, -0.2) is 23.2 Å². The molecule has 196 valence electrons. The summed E-state index contributed by atoms with van der Waals surface area (Å²) in [6.45, 7) is 7.93. The van der Waals surface area contributed by atoms with Crippen LogP contribution in [-0.2, 0) is 27.5 Å². The van der Waals surface area contributed by atoms with Crippen LogP contribution in [0.4, 0.5) is 16.3 Å². The summed E-state index contributed by atoms with van der Waals surface area (Å²) in [5.41, 5.74) is 3.60. The van der Waals surface area contributed by atoms with E-state index in [1.807, 2.05) is 31.2 Å². The first kappa shape index (κ1) is 27.0. The number of nitrogens with one attached hydrogen (secondary N) is 2. The van der Waals surface area contributed by atoms with Crippen molar-refractivity contribution in [3.05, 3.63) is 35.5 Å². The number of fused-ring (bicyclic) bond motifs is 1. The van der Waals surface area contributed by atoms with Gasteiger partial charge in [-0.3, -0.25) is 4.90 Å². The van der Waals surface area contributed by atoms with Crippen molar-refractivity contribution in [2.75, 3.05) is 55.1 Å². The van der Waals surface area contributed by atoms with Gasteiger partial charge in [0.2, 0.25) is 0 Å². The first-order valence-electron chi connectivity index (χ1n) is 12.1. The number of aromatic nitrogens is 2. The standard InChI is InChI=1S/C24H33IN6O4S/c1-16-15-35-12-10-31(16)23-20-8-9-30(11-13-36(3,33)34)14-21(20)28-22(29-23)18-4-6-19(7-5-18)27-24(32)26-17(2)25/h4-7,16-17H,8-15H2,1-3H3,(H2,26,27,32). The molecule has 1 aromatic carbocycles. The molecule has 2 aliphatic heterocycles. The second kappa shape index (κ2) is 11.6. The number of sulfone groups is 1. The quantitative estimate of drug-likeness (QED) is 0.273. The summed E-state index contributed by atoms with van der Waals surface area (Å²) in [5.74, 6) is 1.68. The van der Waals surface area contributed by atoms with Crippen molar-refractivity contribution in [2.45, 2.75) is 36.9 Å². The van der Waals surface area contributed by atoms with Gasteiger partial charge < -0.3 is 20.3 Å². The molecule has 2 aromatic rings. The molecule has 36 heavy (non-hydrogen) atoms. The average Bonchev–Trinajstić information content (AvgIpc) is 2.82. The van der Waals surface area contributed by atoms with E-state index in [2.05, 4.69) is 49.9 Å². The summed E-state index contributed by atoms with van der Waals surface area (Å²) < 4.78 is 29.1. The Morgan fingerprint density at radius 2 is 2.00 bits per heavy atom. The lowest BCUT2D eigenvalue weighted by atomic mass is 10.0. The van der Waals surface area contributed by atoms with E-state index < -0.39 is 9.84 Å². The molecule has 2 N–H and O–H groups in total. The predicted molar refractivity (Wildman–Crippen MR) is 149 cm³/mol. The van der Waals surface area contributed by atoms with E-state index in [0.29, 0.717) is 37.8 Å². The van der Waals surface area contributed by atoms with Crippen molar-refractivity contribution in [1.82, 2.24) is 20.2 Å². The maximum atomic E-state index is 12.0. The fourth-order valence-electron chi connectivity index (χ4n) is 4.41. The molecule has 1 aromatic heterocycles. The number of halogens is 1. The minimum absolute atomic E-state index is 0.0174. The fourth-order valence-corrected chi connectivity index (χ4v) is 5.28. The molecule has 2 atom stereocenters. The number of alkyl halides is 1. The highest BCUT2D eigenvalue weighted by Gasteiger charge is 2.29. The number of nitrogens with zero attached hydrogens (tertiary/aromatic N) is 4. The third-order valence-corrected chi connectivity index (χ3v) is 7.51. The smallest absolute Gasteiger partial charge is 0.320 e. The zero-order chi connectivity index (χ0) is 25.9. The Bertz CT molecular complexity index is 1190. The van der Waals surface area contributed by atoms with E-state index in [1.54, 1.807) is 0 Å². The van der Waals surface area contributed by atoms with Crippen LogP contribution in [0.3, 0.4) is 0 Å². The van der Waals surface area contributed by atoms with Crippen LogP contribution in [0.25, 0.3) is 11.4 Å². The number of carbonyl (C=O) groups is 1. The SMILES string of the molecule is CC(I)NC(=O)Nc1ccc(-c2nc3c(c(N4CCOCC4C)n2)CCN(CCS(C)(=O)=O)C3)cc1. The Hall–Kier alpha value is -2.03. The number of morpholine rings is 1. The van der Waals surface area contributed by atoms with Gasteiger partial charge in [-0.2, -0.15) is 0 Å². The zero-order valence-electron chi connectivity index (χ0n) is 20.8. The summed E-state index contributed by atoms with van der Waals surface area (Å²) in [5, 5.41) is 5.63. The molecule has 0 aliphatic carbocycles. The number of ether oxygens (including phenoxy) is 1. The minimum atomic E-state index is -3.04. The van der Waals surface area contributed by atoms with Gasteiger partial charge in [0.25, 0.3) is 0 Å². The van der Waals surface area contributed by atoms with Crippen LogP contribution < -0.4 is 15.5 Å². The fraction of sp³-hybridized carbons (Fsp3) is 0.542. The molecule has 0 saturated carbocycles. The molecule has 2 unspecified atom stereocenters. The van der Waals surface area contributed by atoms with Crippen molar-refractivity contribution >= 4 is 50.0 Å². The van der Waals surface area contributed by atoms with Crippen molar-refractivity contribution in [1.29, 1.82) is 0 Å². The second-order valence-corrected chi connectivity index (χ2v) is 13.5. The third-order valence-electron chi connectivity index (χ3n) is 6.27. The van der Waals surface area contributed by atoms with E-state index in [4.69, 9.17) is 14.7 Å². The van der Waals surface area contributed by atoms with E-state index in [-0.39, 0.29) is 21.9 Å². The number of urea groups is 1. The lowest BCUT2D eigenvalue weighted by Gasteiger charge is -2.37. The largest absolute Gasteiger partial charge is 0.377 e. The Morgan fingerprint density at radius 1 is 1.25 bits per heavy atom. The first-order valence-corrected chi connectivity index (χ1v) is 15.4. The molecular weight excluding hydrogens is 595 g/mol. The van der Waals surface area contributed by atoms with Gasteiger partial charge in [-0.1, -0.05) is 22.6 Å². The monoisotopic (exact) mass is 628 g/mol. The van der Waals surface area contributed by atoms with E-state index in [0.717, 1.165) is 42.1 Å². The normalized spacial score (nSPS) is 19.4. The summed E-state index contributed by atoms with van der Waals surface area (Å²) in [7, 11) is -3.04. The predicted octanol–water partition coefficient (Wildman–Crippen LogP) is 2.67. The van der Waals surface area contributed by atoms with Crippen LogP contribution in [0, 0.1) is 0 Å². The molecule has 12 heteroatoms. The molecule has 2 aliphatic rings. The Morgan fingerprint density at radius 3 is 2.67 bits per heavy atom. The molecule has 0 radical (unpaired) electrons. The Kier molecular flexibility index (Phi) is 8.68. The van der Waals surface area contributed by atoms with E-state index >= 15 is 0 Å². The molecule has 2 amide bonds. The Labute approximate surface area is 226 Å². The van der Waals surface area contributed by atoms with Gasteiger partial charge in [0.05, 0.1) is 34.8 Å². The number of carbonyl (C=O) groups excluding carboxylic acids is 1. The molecule has 3 heterocycles. The van der Waals surface area contributed by atoms with Crippen molar-refractivity contribution in [3.8, 4) is 11.4 Å². The lowest BCUT2D eigenvalue weighted by molar-refractivity contribution is 0.0983. The van der Waals surface area contributed by atoms with Gasteiger partial charge in [-0.15, -0.1) is 0 Å². The van der Waals surface area contributed by atoms with Crippen LogP contribution in [0.1, 0.15) is 25.1 Å². The third kappa shape index (κ3) is 7.05. The van der Waals surface area contributed by atoms with Gasteiger partial charge in [0.1, 0.15) is 15.7 Å². The number of hydrogen-bond donors (Lipinski definition) is 2. The maximum absolute atomic E-state index is 12.0. The molecule has 0 bridgehead atoms. The number of hydrogen-bond acceptors (Lipinski definition) is 8. The van der Waals surface area contributed by atoms with E-state index in [1.165, 1.54) is 6.26 Å². The van der Waals surface area contributed by atoms with Crippen molar-refractivity contribution in [3.63, 3.8) is 0 Å². The van der Waals surface area contributed by atoms with Crippen LogP contribution in [0.15, 0.2) is 24.3 Å².